The van der Waals surface area contributed by atoms with Gasteiger partial charge >= 0.3 is 17.9 Å². The molecular formula is C26H35N5O9. The number of para-hydroxylation sites is 1. The number of hydrogen-bond acceptors (Lipinski definition) is 7. The van der Waals surface area contributed by atoms with Gasteiger partial charge in [0.1, 0.15) is 18.1 Å². The largest absolute Gasteiger partial charge is 0.481 e. The Kier molecular flexibility index (Phi) is 11.6. The number of benzene rings is 1. The van der Waals surface area contributed by atoms with Gasteiger partial charge in [-0.05, 0) is 30.4 Å². The molecule has 0 saturated carbocycles. The first kappa shape index (κ1) is 31.8. The average molecular weight is 562 g/mol. The summed E-state index contributed by atoms with van der Waals surface area (Å²) in [5.74, 6) is -6.84. The minimum Gasteiger partial charge on any atom is -0.481 e. The van der Waals surface area contributed by atoms with Gasteiger partial charge in [0.15, 0.2) is 0 Å². The molecule has 0 aliphatic rings. The first-order valence-electron chi connectivity index (χ1n) is 12.7. The van der Waals surface area contributed by atoms with Crippen molar-refractivity contribution in [1.82, 2.24) is 20.9 Å². The van der Waals surface area contributed by atoms with E-state index in [1.807, 2.05) is 32.0 Å². The second-order valence-corrected chi connectivity index (χ2v) is 9.85. The number of aliphatic carboxylic acids is 3. The highest BCUT2D eigenvalue weighted by Crippen LogP contribution is 2.19. The molecule has 1 heterocycles. The number of fused-ring (bicyclic) bond motifs is 1. The molecular weight excluding hydrogens is 526 g/mol. The molecule has 0 saturated heterocycles. The Morgan fingerprint density at radius 1 is 0.850 bits per heavy atom. The topological polar surface area (TPSA) is 241 Å². The number of aromatic amines is 1. The number of carbonyl (C=O) groups excluding carboxylic acids is 3. The summed E-state index contributed by atoms with van der Waals surface area (Å²) >= 11 is 0. The third-order valence-electron chi connectivity index (χ3n) is 6.07. The van der Waals surface area contributed by atoms with Gasteiger partial charge < -0.3 is 42.0 Å². The van der Waals surface area contributed by atoms with Crippen LogP contribution in [0.3, 0.4) is 0 Å². The SMILES string of the molecule is CC(C)CC(N)C(=O)NC(Cc1c[nH]c2ccccc12)C(=O)NC(CC(=O)O)C(=O)NC(CCC(=O)O)C(=O)O. The zero-order valence-electron chi connectivity index (χ0n) is 22.2. The minimum atomic E-state index is -1.72. The molecule has 9 N–H and O–H groups in total. The maximum atomic E-state index is 13.4. The van der Waals surface area contributed by atoms with Gasteiger partial charge in [0.25, 0.3) is 0 Å². The predicted octanol–water partition coefficient (Wildman–Crippen LogP) is -0.0377. The van der Waals surface area contributed by atoms with Crippen LogP contribution >= 0.6 is 0 Å². The summed E-state index contributed by atoms with van der Waals surface area (Å²) < 4.78 is 0. The molecule has 0 bridgehead atoms. The summed E-state index contributed by atoms with van der Waals surface area (Å²) in [6.45, 7) is 3.75. The Hall–Kier alpha value is -4.46. The lowest BCUT2D eigenvalue weighted by Crippen LogP contribution is -2.58. The standard InChI is InChI=1S/C26H35N5O9/c1-13(2)9-16(27)23(36)30-19(10-14-12-28-17-6-4-3-5-15(14)17)24(37)31-20(11-22(34)35)25(38)29-18(26(39)40)7-8-21(32)33/h3-6,12-13,16,18-20,28H,7-11,27H2,1-2H3,(H,29,38)(H,30,36)(H,31,37)(H,32,33)(H,34,35)(H,39,40). The van der Waals surface area contributed by atoms with Crippen molar-refractivity contribution in [2.24, 2.45) is 11.7 Å². The van der Waals surface area contributed by atoms with Crippen LogP contribution in [0.5, 0.6) is 0 Å². The molecule has 14 heteroatoms. The fourth-order valence-corrected chi connectivity index (χ4v) is 4.08. The Balaban J connectivity index is 2.30. The molecule has 2 aromatic rings. The average Bonchev–Trinajstić information content (AvgIpc) is 3.27. The molecule has 40 heavy (non-hydrogen) atoms. The number of aromatic nitrogens is 1. The number of carboxylic acids is 3. The van der Waals surface area contributed by atoms with Crippen molar-refractivity contribution in [3.8, 4) is 0 Å². The molecule has 2 rings (SSSR count). The van der Waals surface area contributed by atoms with E-state index in [0.717, 1.165) is 10.9 Å². The number of nitrogens with one attached hydrogen (secondary N) is 4. The molecule has 218 valence electrons. The normalized spacial score (nSPS) is 14.1. The molecule has 0 aliphatic heterocycles. The number of rotatable bonds is 16. The summed E-state index contributed by atoms with van der Waals surface area (Å²) in [5, 5.41) is 35.2. The number of amides is 3. The third kappa shape index (κ3) is 9.69. The lowest BCUT2D eigenvalue weighted by molar-refractivity contribution is -0.144. The van der Waals surface area contributed by atoms with Crippen LogP contribution in [0.2, 0.25) is 0 Å². The van der Waals surface area contributed by atoms with E-state index in [1.54, 1.807) is 12.3 Å². The lowest BCUT2D eigenvalue weighted by Gasteiger charge is -2.25. The first-order chi connectivity index (χ1) is 18.8. The number of nitrogens with two attached hydrogens (primary N) is 1. The second kappa shape index (κ2) is 14.6. The van der Waals surface area contributed by atoms with Gasteiger partial charge in [0.05, 0.1) is 12.5 Å². The number of H-pyrrole nitrogens is 1. The van der Waals surface area contributed by atoms with E-state index in [0.29, 0.717) is 12.0 Å². The van der Waals surface area contributed by atoms with Gasteiger partial charge in [-0.25, -0.2) is 4.79 Å². The van der Waals surface area contributed by atoms with Gasteiger partial charge in [-0.1, -0.05) is 32.0 Å². The van der Waals surface area contributed by atoms with E-state index in [2.05, 4.69) is 20.9 Å². The highest BCUT2D eigenvalue weighted by Gasteiger charge is 2.32. The van der Waals surface area contributed by atoms with Gasteiger partial charge in [-0.3, -0.25) is 24.0 Å². The fourth-order valence-electron chi connectivity index (χ4n) is 4.08. The molecule has 0 spiro atoms. The van der Waals surface area contributed by atoms with Crippen LogP contribution in [0.15, 0.2) is 30.5 Å². The van der Waals surface area contributed by atoms with Crippen LogP contribution in [0.25, 0.3) is 10.9 Å². The van der Waals surface area contributed by atoms with Crippen molar-refractivity contribution in [2.75, 3.05) is 0 Å². The van der Waals surface area contributed by atoms with Crippen LogP contribution < -0.4 is 21.7 Å². The van der Waals surface area contributed by atoms with E-state index >= 15 is 0 Å². The maximum Gasteiger partial charge on any atom is 0.326 e. The van der Waals surface area contributed by atoms with E-state index in [4.69, 9.17) is 10.8 Å². The van der Waals surface area contributed by atoms with E-state index < -0.39 is 79.1 Å². The van der Waals surface area contributed by atoms with E-state index in [1.165, 1.54) is 0 Å². The minimum absolute atomic E-state index is 0.0340. The summed E-state index contributed by atoms with van der Waals surface area (Å²) in [6.07, 6.45) is 0.0353. The quantitative estimate of drug-likeness (QED) is 0.136. The second-order valence-electron chi connectivity index (χ2n) is 9.85. The van der Waals surface area contributed by atoms with Gasteiger partial charge in [0.2, 0.25) is 17.7 Å². The predicted molar refractivity (Wildman–Crippen MR) is 142 cm³/mol. The lowest BCUT2D eigenvalue weighted by atomic mass is 10.0. The summed E-state index contributed by atoms with van der Waals surface area (Å²) in [7, 11) is 0. The summed E-state index contributed by atoms with van der Waals surface area (Å²) in [5.41, 5.74) is 7.43. The molecule has 3 amide bonds. The Bertz CT molecular complexity index is 1240. The van der Waals surface area contributed by atoms with Crippen molar-refractivity contribution < 1.29 is 44.1 Å². The fraction of sp³-hybridized carbons (Fsp3) is 0.462. The highest BCUT2D eigenvalue weighted by molar-refractivity contribution is 5.96. The third-order valence-corrected chi connectivity index (χ3v) is 6.07. The molecule has 0 radical (unpaired) electrons. The zero-order valence-corrected chi connectivity index (χ0v) is 22.2. The maximum absolute atomic E-state index is 13.4. The molecule has 14 nitrogen and oxygen atoms in total. The van der Waals surface area contributed by atoms with Crippen LogP contribution in [-0.2, 0) is 35.2 Å². The van der Waals surface area contributed by atoms with Gasteiger partial charge in [-0.2, -0.15) is 0 Å². The number of carboxylic acid groups (broad SMARTS) is 3. The molecule has 1 aromatic carbocycles. The summed E-state index contributed by atoms with van der Waals surface area (Å²) in [4.78, 5) is 75.9. The monoisotopic (exact) mass is 561 g/mol. The van der Waals surface area contributed by atoms with Crippen LogP contribution in [-0.4, -0.2) is 80.1 Å². The van der Waals surface area contributed by atoms with Gasteiger partial charge in [0, 0.05) is 29.9 Å². The van der Waals surface area contributed by atoms with Crippen molar-refractivity contribution >= 4 is 46.5 Å². The highest BCUT2D eigenvalue weighted by atomic mass is 16.4. The Morgan fingerprint density at radius 3 is 2.05 bits per heavy atom. The van der Waals surface area contributed by atoms with Crippen molar-refractivity contribution in [3.05, 3.63) is 36.0 Å². The van der Waals surface area contributed by atoms with Crippen LogP contribution in [0, 0.1) is 5.92 Å². The van der Waals surface area contributed by atoms with Gasteiger partial charge in [-0.15, -0.1) is 0 Å². The van der Waals surface area contributed by atoms with Crippen molar-refractivity contribution in [1.29, 1.82) is 0 Å². The van der Waals surface area contributed by atoms with Crippen molar-refractivity contribution in [3.63, 3.8) is 0 Å². The van der Waals surface area contributed by atoms with E-state index in [-0.39, 0.29) is 12.3 Å². The smallest absolute Gasteiger partial charge is 0.326 e. The number of carbonyl (C=O) groups is 6. The van der Waals surface area contributed by atoms with Crippen molar-refractivity contribution in [2.45, 2.75) is 70.1 Å². The molecule has 4 unspecified atom stereocenters. The zero-order chi connectivity index (χ0) is 30.0. The molecule has 1 aromatic heterocycles. The molecule has 0 aliphatic carbocycles. The van der Waals surface area contributed by atoms with E-state index in [9.17, 15) is 39.0 Å². The first-order valence-corrected chi connectivity index (χ1v) is 12.7. The Morgan fingerprint density at radius 2 is 1.45 bits per heavy atom. The van der Waals surface area contributed by atoms with Crippen LogP contribution in [0.4, 0.5) is 0 Å². The van der Waals surface area contributed by atoms with Crippen LogP contribution in [0.1, 0.15) is 45.1 Å². The molecule has 0 fully saturated rings. The Labute approximate surface area is 229 Å². The number of hydrogen-bond donors (Lipinski definition) is 8. The summed E-state index contributed by atoms with van der Waals surface area (Å²) in [6, 6.07) is 1.69. The molecule has 4 atom stereocenters.